The molecule has 19 heavy (non-hydrogen) atoms. The third kappa shape index (κ3) is 2.15. The Balaban J connectivity index is 2.08. The van der Waals surface area contributed by atoms with Crippen molar-refractivity contribution in [1.29, 1.82) is 0 Å². The van der Waals surface area contributed by atoms with Crippen molar-refractivity contribution in [3.63, 3.8) is 0 Å². The predicted molar refractivity (Wildman–Crippen MR) is 74.6 cm³/mol. The lowest BCUT2D eigenvalue weighted by Crippen LogP contribution is -1.95. The number of hydrogen-bond acceptors (Lipinski definition) is 5. The minimum absolute atomic E-state index is 0.751. The maximum absolute atomic E-state index is 5.15. The highest BCUT2D eigenvalue weighted by atomic mass is 32.2. The van der Waals surface area contributed by atoms with Gasteiger partial charge in [0.25, 0.3) is 0 Å². The fourth-order valence-corrected chi connectivity index (χ4v) is 2.24. The van der Waals surface area contributed by atoms with Crippen molar-refractivity contribution in [2.75, 3.05) is 13.4 Å². The fourth-order valence-electron chi connectivity index (χ4n) is 1.81. The van der Waals surface area contributed by atoms with E-state index in [2.05, 4.69) is 15.3 Å². The first kappa shape index (κ1) is 12.0. The van der Waals surface area contributed by atoms with Gasteiger partial charge in [-0.05, 0) is 42.7 Å². The second-order valence-electron chi connectivity index (χ2n) is 3.90. The third-order valence-corrected chi connectivity index (χ3v) is 3.42. The normalized spacial score (nSPS) is 10.8. The van der Waals surface area contributed by atoms with Gasteiger partial charge >= 0.3 is 0 Å². The van der Waals surface area contributed by atoms with Gasteiger partial charge in [-0.2, -0.15) is 9.61 Å². The Morgan fingerprint density at radius 1 is 1.05 bits per heavy atom. The molecule has 6 heteroatoms. The molecule has 0 bridgehead atoms. The van der Waals surface area contributed by atoms with Crippen LogP contribution in [0.2, 0.25) is 0 Å². The molecular formula is C13H12N4OS. The van der Waals surface area contributed by atoms with Crippen molar-refractivity contribution in [2.24, 2.45) is 0 Å². The number of hydrogen-bond donors (Lipinski definition) is 0. The molecular weight excluding hydrogens is 260 g/mol. The first-order valence-corrected chi connectivity index (χ1v) is 6.95. The van der Waals surface area contributed by atoms with Gasteiger partial charge in [0.05, 0.1) is 12.8 Å². The van der Waals surface area contributed by atoms with E-state index in [1.807, 2.05) is 42.7 Å². The summed E-state index contributed by atoms with van der Waals surface area (Å²) in [6.07, 6.45) is 1.96. The molecule has 0 spiro atoms. The van der Waals surface area contributed by atoms with Crippen molar-refractivity contribution >= 4 is 17.4 Å². The van der Waals surface area contributed by atoms with Gasteiger partial charge in [0.1, 0.15) is 5.75 Å². The van der Waals surface area contributed by atoms with Crippen molar-refractivity contribution in [2.45, 2.75) is 5.16 Å². The van der Waals surface area contributed by atoms with Crippen molar-refractivity contribution in [3.8, 4) is 17.0 Å². The van der Waals surface area contributed by atoms with Crippen LogP contribution >= 0.6 is 11.8 Å². The van der Waals surface area contributed by atoms with Crippen LogP contribution < -0.4 is 4.74 Å². The number of nitrogens with zero attached hydrogens (tertiary/aromatic N) is 4. The maximum atomic E-state index is 5.15. The number of methoxy groups -OCH3 is 1. The summed E-state index contributed by atoms with van der Waals surface area (Å²) < 4.78 is 6.90. The van der Waals surface area contributed by atoms with Gasteiger partial charge in [-0.3, -0.25) is 0 Å². The molecule has 3 aromatic rings. The van der Waals surface area contributed by atoms with E-state index in [9.17, 15) is 0 Å². The minimum Gasteiger partial charge on any atom is -0.497 e. The maximum Gasteiger partial charge on any atom is 0.212 e. The second kappa shape index (κ2) is 4.89. The Hall–Kier alpha value is -2.08. The minimum atomic E-state index is 0.751. The van der Waals surface area contributed by atoms with Crippen LogP contribution in [0.5, 0.6) is 5.75 Å². The van der Waals surface area contributed by atoms with E-state index in [1.54, 1.807) is 11.6 Å². The quantitative estimate of drug-likeness (QED) is 0.686. The average Bonchev–Trinajstić information content (AvgIpc) is 2.89. The predicted octanol–water partition coefficient (Wildman–Crippen LogP) is 2.52. The van der Waals surface area contributed by atoms with E-state index >= 15 is 0 Å². The summed E-state index contributed by atoms with van der Waals surface area (Å²) in [4.78, 5) is 0. The van der Waals surface area contributed by atoms with Crippen LogP contribution in [-0.4, -0.2) is 33.2 Å². The molecule has 0 atom stereocenters. The van der Waals surface area contributed by atoms with Gasteiger partial charge in [-0.1, -0.05) is 11.8 Å². The van der Waals surface area contributed by atoms with Gasteiger partial charge in [0.2, 0.25) is 5.16 Å². The summed E-state index contributed by atoms with van der Waals surface area (Å²) in [5.74, 6) is 0.832. The molecule has 0 N–H and O–H groups in total. The lowest BCUT2D eigenvalue weighted by Gasteiger charge is -2.04. The van der Waals surface area contributed by atoms with E-state index in [1.165, 1.54) is 11.8 Å². The molecule has 0 amide bonds. The number of aromatic nitrogens is 4. The number of fused-ring (bicyclic) bond motifs is 1. The van der Waals surface area contributed by atoms with E-state index in [-0.39, 0.29) is 0 Å². The molecule has 0 fully saturated rings. The lowest BCUT2D eigenvalue weighted by atomic mass is 10.1. The summed E-state index contributed by atoms with van der Waals surface area (Å²) in [6.45, 7) is 0. The standard InChI is InChI=1S/C13H12N4OS/c1-18-10-5-3-9(4-6-10)11-7-8-12-14-15-13(19-2)17(12)16-11/h3-8H,1-2H3. The largest absolute Gasteiger partial charge is 0.497 e. The molecule has 0 radical (unpaired) electrons. The first-order valence-electron chi connectivity index (χ1n) is 5.72. The smallest absolute Gasteiger partial charge is 0.212 e. The summed E-state index contributed by atoms with van der Waals surface area (Å²) in [7, 11) is 1.65. The second-order valence-corrected chi connectivity index (χ2v) is 4.68. The van der Waals surface area contributed by atoms with Gasteiger partial charge < -0.3 is 4.74 Å². The number of rotatable bonds is 3. The van der Waals surface area contributed by atoms with E-state index in [0.717, 1.165) is 27.8 Å². The highest BCUT2D eigenvalue weighted by Crippen LogP contribution is 2.21. The number of benzene rings is 1. The van der Waals surface area contributed by atoms with Crippen LogP contribution in [0.1, 0.15) is 0 Å². The van der Waals surface area contributed by atoms with Crippen LogP contribution in [0.4, 0.5) is 0 Å². The molecule has 0 aliphatic carbocycles. The first-order chi connectivity index (χ1) is 9.31. The summed E-state index contributed by atoms with van der Waals surface area (Å²) >= 11 is 1.52. The zero-order valence-electron chi connectivity index (χ0n) is 10.6. The Bertz CT molecular complexity index is 708. The molecule has 5 nitrogen and oxygen atoms in total. The summed E-state index contributed by atoms with van der Waals surface area (Å²) in [6, 6.07) is 11.7. The Kier molecular flexibility index (Phi) is 3.08. The Morgan fingerprint density at radius 2 is 1.84 bits per heavy atom. The van der Waals surface area contributed by atoms with Gasteiger partial charge in [-0.15, -0.1) is 10.2 Å². The molecule has 0 unspecified atom stereocenters. The molecule has 3 rings (SSSR count). The molecule has 96 valence electrons. The lowest BCUT2D eigenvalue weighted by molar-refractivity contribution is 0.415. The molecule has 0 saturated heterocycles. The van der Waals surface area contributed by atoms with Crippen molar-refractivity contribution < 1.29 is 4.74 Å². The van der Waals surface area contributed by atoms with Crippen LogP contribution in [0, 0.1) is 0 Å². The third-order valence-electron chi connectivity index (χ3n) is 2.80. The summed E-state index contributed by atoms with van der Waals surface area (Å²) in [5.41, 5.74) is 2.66. The van der Waals surface area contributed by atoms with Crippen LogP contribution in [0.15, 0.2) is 41.6 Å². The zero-order valence-corrected chi connectivity index (χ0v) is 11.4. The highest BCUT2D eigenvalue weighted by Gasteiger charge is 2.07. The molecule has 0 aliphatic heterocycles. The molecule has 0 saturated carbocycles. The molecule has 2 aromatic heterocycles. The van der Waals surface area contributed by atoms with Crippen molar-refractivity contribution in [3.05, 3.63) is 36.4 Å². The highest BCUT2D eigenvalue weighted by molar-refractivity contribution is 7.98. The number of thioether (sulfide) groups is 1. The number of ether oxygens (including phenoxy) is 1. The van der Waals surface area contributed by atoms with Gasteiger partial charge in [-0.25, -0.2) is 0 Å². The zero-order chi connectivity index (χ0) is 13.2. The topological polar surface area (TPSA) is 52.3 Å². The summed E-state index contributed by atoms with van der Waals surface area (Å²) in [5, 5.41) is 13.5. The van der Waals surface area contributed by atoms with Crippen LogP contribution in [0.3, 0.4) is 0 Å². The SMILES string of the molecule is COc1ccc(-c2ccc3nnc(SC)n3n2)cc1. The van der Waals surface area contributed by atoms with E-state index in [0.29, 0.717) is 0 Å². The van der Waals surface area contributed by atoms with Crippen LogP contribution in [0.25, 0.3) is 16.9 Å². The Labute approximate surface area is 114 Å². The molecule has 2 heterocycles. The van der Waals surface area contributed by atoms with E-state index < -0.39 is 0 Å². The molecule has 1 aromatic carbocycles. The van der Waals surface area contributed by atoms with Gasteiger partial charge in [0, 0.05) is 5.56 Å². The van der Waals surface area contributed by atoms with Gasteiger partial charge in [0.15, 0.2) is 5.65 Å². The Morgan fingerprint density at radius 3 is 2.53 bits per heavy atom. The van der Waals surface area contributed by atoms with E-state index in [4.69, 9.17) is 4.74 Å². The van der Waals surface area contributed by atoms with Crippen LogP contribution in [-0.2, 0) is 0 Å². The monoisotopic (exact) mass is 272 g/mol. The van der Waals surface area contributed by atoms with Crippen molar-refractivity contribution in [1.82, 2.24) is 19.8 Å². The average molecular weight is 272 g/mol. The fraction of sp³-hybridized carbons (Fsp3) is 0.154. The molecule has 0 aliphatic rings.